The highest BCUT2D eigenvalue weighted by molar-refractivity contribution is 7.25. The van der Waals surface area contributed by atoms with Crippen molar-refractivity contribution in [2.24, 2.45) is 0 Å². The van der Waals surface area contributed by atoms with E-state index in [1.165, 1.54) is 75.5 Å². The molecular formula is C71H48N2S. The second-order valence-electron chi connectivity index (χ2n) is 19.2. The Bertz CT molecular complexity index is 4140. The molecule has 0 amide bonds. The van der Waals surface area contributed by atoms with Crippen LogP contribution < -0.4 is 9.80 Å². The molecule has 3 heteroatoms. The van der Waals surface area contributed by atoms with Crippen molar-refractivity contribution in [3.63, 3.8) is 0 Å². The van der Waals surface area contributed by atoms with Gasteiger partial charge in [0.15, 0.2) is 0 Å². The Balaban J connectivity index is 1.01. The number of para-hydroxylation sites is 2. The van der Waals surface area contributed by atoms with Gasteiger partial charge in [0.05, 0.1) is 5.41 Å². The van der Waals surface area contributed by atoms with Crippen LogP contribution in [-0.4, -0.2) is 0 Å². The van der Waals surface area contributed by atoms with Crippen LogP contribution >= 0.6 is 11.3 Å². The van der Waals surface area contributed by atoms with E-state index in [-0.39, 0.29) is 0 Å². The molecular weight excluding hydrogens is 913 g/mol. The molecule has 0 spiro atoms. The molecule has 0 saturated heterocycles. The van der Waals surface area contributed by atoms with Crippen molar-refractivity contribution in [1.82, 2.24) is 0 Å². The van der Waals surface area contributed by atoms with Crippen LogP contribution in [0.25, 0.3) is 64.3 Å². The Morgan fingerprint density at radius 2 is 0.757 bits per heavy atom. The smallest absolute Gasteiger partial charge is 0.0714 e. The van der Waals surface area contributed by atoms with Gasteiger partial charge in [0.25, 0.3) is 0 Å². The summed E-state index contributed by atoms with van der Waals surface area (Å²) >= 11 is 1.86. The summed E-state index contributed by atoms with van der Waals surface area (Å²) in [6.07, 6.45) is 0. The number of hydrogen-bond acceptors (Lipinski definition) is 3. The third-order valence-corrected chi connectivity index (χ3v) is 16.2. The Morgan fingerprint density at radius 1 is 0.257 bits per heavy atom. The summed E-state index contributed by atoms with van der Waals surface area (Å²) in [4.78, 5) is 4.87. The number of thiophene rings is 1. The van der Waals surface area contributed by atoms with Gasteiger partial charge in [-0.2, -0.15) is 0 Å². The van der Waals surface area contributed by atoms with Crippen molar-refractivity contribution in [1.29, 1.82) is 0 Å². The normalized spacial score (nSPS) is 12.4. The second kappa shape index (κ2) is 18.1. The fourth-order valence-electron chi connectivity index (χ4n) is 11.8. The minimum Gasteiger partial charge on any atom is -0.310 e. The maximum atomic E-state index is 2.47. The van der Waals surface area contributed by atoms with Gasteiger partial charge in [-0.15, -0.1) is 11.3 Å². The van der Waals surface area contributed by atoms with Gasteiger partial charge in [-0.3, -0.25) is 0 Å². The Labute approximate surface area is 436 Å². The molecule has 12 aromatic carbocycles. The standard InChI is InChI=1S/C71H48N2S/c1-5-22-53(23-6-1)71(54-24-7-2-8-25-54)67-34-17-15-31-63(67)64-42-41-58(48-68(64)71)73(56-28-11-4-12-29-56)60-45-52(51-38-43-70-66(46-51)65-32-16-18-35-69(65)74-70)44-59(47-60)72(55-26-9-3-10-27-55)57-39-36-50(37-40-57)62-33-19-21-49-20-13-14-30-61(49)62/h1-48H. The first-order valence-corrected chi connectivity index (χ1v) is 26.2. The summed E-state index contributed by atoms with van der Waals surface area (Å²) in [6, 6.07) is 107. The van der Waals surface area contributed by atoms with Crippen molar-refractivity contribution in [2.75, 3.05) is 9.80 Å². The quantitative estimate of drug-likeness (QED) is 0.135. The van der Waals surface area contributed by atoms with Gasteiger partial charge in [0.2, 0.25) is 0 Å². The van der Waals surface area contributed by atoms with Crippen LogP contribution in [-0.2, 0) is 5.41 Å². The van der Waals surface area contributed by atoms with Gasteiger partial charge >= 0.3 is 0 Å². The van der Waals surface area contributed by atoms with E-state index in [0.29, 0.717) is 0 Å². The summed E-state index contributed by atoms with van der Waals surface area (Å²) in [5.41, 5.74) is 18.1. The van der Waals surface area contributed by atoms with Crippen molar-refractivity contribution in [2.45, 2.75) is 5.41 Å². The molecule has 0 N–H and O–H groups in total. The van der Waals surface area contributed by atoms with E-state index in [2.05, 4.69) is 301 Å². The van der Waals surface area contributed by atoms with Crippen molar-refractivity contribution >= 4 is 76.4 Å². The Kier molecular flexibility index (Phi) is 10.6. The average Bonchev–Trinajstić information content (AvgIpc) is 4.00. The number of benzene rings is 12. The molecule has 0 fully saturated rings. The summed E-state index contributed by atoms with van der Waals surface area (Å²) < 4.78 is 2.58. The fourth-order valence-corrected chi connectivity index (χ4v) is 12.9. The lowest BCUT2D eigenvalue weighted by Crippen LogP contribution is -2.28. The zero-order valence-corrected chi connectivity index (χ0v) is 41.3. The largest absolute Gasteiger partial charge is 0.310 e. The number of rotatable bonds is 10. The molecule has 14 rings (SSSR count). The van der Waals surface area contributed by atoms with E-state index < -0.39 is 5.41 Å². The highest BCUT2D eigenvalue weighted by Crippen LogP contribution is 2.57. The zero-order chi connectivity index (χ0) is 49.0. The summed E-state index contributed by atoms with van der Waals surface area (Å²) in [6.45, 7) is 0. The maximum Gasteiger partial charge on any atom is 0.0714 e. The SMILES string of the molecule is c1ccc(N(c2ccc(-c3cccc4ccccc34)cc2)c2cc(-c3ccc4sc5ccccc5c4c3)cc(N(c3ccccc3)c3ccc4c(c3)C(c3ccccc3)(c3ccccc3)c3ccccc3-4)c2)cc1. The minimum atomic E-state index is -0.555. The minimum absolute atomic E-state index is 0.555. The molecule has 0 radical (unpaired) electrons. The van der Waals surface area contributed by atoms with Gasteiger partial charge in [-0.05, 0) is 151 Å². The van der Waals surface area contributed by atoms with E-state index in [4.69, 9.17) is 0 Å². The molecule has 0 bridgehead atoms. The number of hydrogen-bond donors (Lipinski definition) is 0. The summed E-state index contributed by atoms with van der Waals surface area (Å²) in [5.74, 6) is 0. The molecule has 1 aromatic heterocycles. The molecule has 1 aliphatic rings. The Morgan fingerprint density at radius 3 is 1.46 bits per heavy atom. The van der Waals surface area contributed by atoms with Crippen LogP contribution in [0.5, 0.6) is 0 Å². The van der Waals surface area contributed by atoms with E-state index >= 15 is 0 Å². The van der Waals surface area contributed by atoms with E-state index in [1.807, 2.05) is 11.3 Å². The zero-order valence-electron chi connectivity index (χ0n) is 40.5. The van der Waals surface area contributed by atoms with Crippen molar-refractivity contribution in [3.8, 4) is 33.4 Å². The van der Waals surface area contributed by atoms with E-state index in [1.54, 1.807) is 0 Å². The topological polar surface area (TPSA) is 6.48 Å². The maximum absolute atomic E-state index is 2.47. The first-order valence-electron chi connectivity index (χ1n) is 25.4. The van der Waals surface area contributed by atoms with Crippen LogP contribution in [0.2, 0.25) is 0 Å². The van der Waals surface area contributed by atoms with E-state index in [9.17, 15) is 0 Å². The van der Waals surface area contributed by atoms with Gasteiger partial charge in [0.1, 0.15) is 0 Å². The molecule has 13 aromatic rings. The summed E-state index contributed by atoms with van der Waals surface area (Å²) in [7, 11) is 0. The van der Waals surface area contributed by atoms with Crippen LogP contribution in [0.4, 0.5) is 34.1 Å². The van der Waals surface area contributed by atoms with Crippen LogP contribution in [0.3, 0.4) is 0 Å². The van der Waals surface area contributed by atoms with Crippen molar-refractivity contribution in [3.05, 3.63) is 313 Å². The lowest BCUT2D eigenvalue weighted by molar-refractivity contribution is 0.768. The molecule has 1 aliphatic carbocycles. The Hall–Kier alpha value is -9.28. The third-order valence-electron chi connectivity index (χ3n) is 15.1. The number of anilines is 6. The number of nitrogens with zero attached hydrogens (tertiary/aromatic N) is 2. The van der Waals surface area contributed by atoms with E-state index in [0.717, 1.165) is 45.3 Å². The lowest BCUT2D eigenvalue weighted by atomic mass is 9.67. The van der Waals surface area contributed by atoms with Gasteiger partial charge in [-0.25, -0.2) is 0 Å². The fraction of sp³-hybridized carbons (Fsp3) is 0.0141. The molecule has 348 valence electrons. The first-order chi connectivity index (χ1) is 36.7. The summed E-state index contributed by atoms with van der Waals surface area (Å²) in [5, 5.41) is 5.04. The highest BCUT2D eigenvalue weighted by Gasteiger charge is 2.46. The van der Waals surface area contributed by atoms with Gasteiger partial charge in [-0.1, -0.05) is 206 Å². The second-order valence-corrected chi connectivity index (χ2v) is 20.3. The van der Waals surface area contributed by atoms with Gasteiger partial charge < -0.3 is 9.80 Å². The molecule has 0 unspecified atom stereocenters. The molecule has 0 atom stereocenters. The van der Waals surface area contributed by atoms with Crippen LogP contribution in [0.15, 0.2) is 291 Å². The molecule has 0 aliphatic heterocycles. The van der Waals surface area contributed by atoms with Crippen LogP contribution in [0.1, 0.15) is 22.3 Å². The third kappa shape index (κ3) is 7.24. The molecule has 2 nitrogen and oxygen atoms in total. The predicted molar refractivity (Wildman–Crippen MR) is 314 cm³/mol. The van der Waals surface area contributed by atoms with Crippen molar-refractivity contribution < 1.29 is 0 Å². The molecule has 1 heterocycles. The van der Waals surface area contributed by atoms with Crippen LogP contribution in [0, 0.1) is 0 Å². The molecule has 0 saturated carbocycles. The average molecular weight is 961 g/mol. The monoisotopic (exact) mass is 960 g/mol. The molecule has 74 heavy (non-hydrogen) atoms. The highest BCUT2D eigenvalue weighted by atomic mass is 32.1. The predicted octanol–water partition coefficient (Wildman–Crippen LogP) is 19.8. The number of fused-ring (bicyclic) bond motifs is 7. The van der Waals surface area contributed by atoms with Gasteiger partial charge in [0, 0.05) is 54.3 Å². The lowest BCUT2D eigenvalue weighted by Gasteiger charge is -2.35. The first kappa shape index (κ1) is 43.5.